The summed E-state index contributed by atoms with van der Waals surface area (Å²) in [5.41, 5.74) is -0.319. The third-order valence-electron chi connectivity index (χ3n) is 5.22. The average Bonchev–Trinajstić information content (AvgIpc) is 3.11. The fraction of sp³-hybridized carbons (Fsp3) is 0.227. The summed E-state index contributed by atoms with van der Waals surface area (Å²) < 4.78 is 67.8. The van der Waals surface area contributed by atoms with Crippen molar-refractivity contribution in [1.29, 1.82) is 0 Å². The molecule has 0 radical (unpaired) electrons. The molecule has 1 atom stereocenters. The van der Waals surface area contributed by atoms with Gasteiger partial charge in [0.25, 0.3) is 0 Å². The predicted molar refractivity (Wildman–Crippen MR) is 108 cm³/mol. The Balaban J connectivity index is 1.79. The number of benzene rings is 1. The third-order valence-corrected chi connectivity index (χ3v) is 5.22. The number of hydrogen-bond acceptors (Lipinski definition) is 4. The fourth-order valence-electron chi connectivity index (χ4n) is 3.75. The molecule has 3 heterocycles. The molecular weight excluding hydrogens is 431 g/mol. The van der Waals surface area contributed by atoms with Gasteiger partial charge in [-0.2, -0.15) is 13.2 Å². The Labute approximate surface area is 180 Å². The van der Waals surface area contributed by atoms with Crippen LogP contribution < -0.4 is 9.80 Å². The molecule has 1 unspecified atom stereocenters. The van der Waals surface area contributed by atoms with Crippen LogP contribution in [0.5, 0.6) is 0 Å². The van der Waals surface area contributed by atoms with Gasteiger partial charge in [-0.25, -0.2) is 18.7 Å². The molecule has 1 amide bonds. The van der Waals surface area contributed by atoms with E-state index in [-0.39, 0.29) is 23.6 Å². The van der Waals surface area contributed by atoms with Crippen molar-refractivity contribution in [3.63, 3.8) is 0 Å². The Morgan fingerprint density at radius 3 is 2.59 bits per heavy atom. The van der Waals surface area contributed by atoms with Crippen LogP contribution in [0.2, 0.25) is 0 Å². The van der Waals surface area contributed by atoms with Crippen LogP contribution in [-0.2, 0) is 17.4 Å². The summed E-state index contributed by atoms with van der Waals surface area (Å²) >= 11 is 0. The Hall–Kier alpha value is -3.56. The van der Waals surface area contributed by atoms with Crippen molar-refractivity contribution < 1.29 is 26.7 Å². The van der Waals surface area contributed by atoms with Gasteiger partial charge in [0.2, 0.25) is 5.91 Å². The first-order valence-electron chi connectivity index (χ1n) is 9.58. The van der Waals surface area contributed by atoms with Crippen molar-refractivity contribution in [2.24, 2.45) is 0 Å². The van der Waals surface area contributed by atoms with E-state index in [1.54, 1.807) is 12.1 Å². The van der Waals surface area contributed by atoms with E-state index in [4.69, 9.17) is 0 Å². The van der Waals surface area contributed by atoms with Gasteiger partial charge in [0.15, 0.2) is 0 Å². The van der Waals surface area contributed by atoms with Crippen LogP contribution in [0.25, 0.3) is 0 Å². The molecule has 0 aliphatic carbocycles. The molecule has 32 heavy (non-hydrogen) atoms. The first-order valence-corrected chi connectivity index (χ1v) is 9.58. The van der Waals surface area contributed by atoms with Gasteiger partial charge >= 0.3 is 6.18 Å². The van der Waals surface area contributed by atoms with Gasteiger partial charge in [-0.1, -0.05) is 6.07 Å². The fourth-order valence-corrected chi connectivity index (χ4v) is 3.75. The van der Waals surface area contributed by atoms with E-state index >= 15 is 0 Å². The molecule has 10 heteroatoms. The second-order valence-corrected chi connectivity index (χ2v) is 7.42. The largest absolute Gasteiger partial charge is 0.416 e. The molecule has 0 fully saturated rings. The molecule has 2 aromatic heterocycles. The number of aromatic nitrogens is 2. The number of fused-ring (bicyclic) bond motifs is 1. The predicted octanol–water partition coefficient (Wildman–Crippen LogP) is 4.81. The Morgan fingerprint density at radius 2 is 1.91 bits per heavy atom. The van der Waals surface area contributed by atoms with Gasteiger partial charge in [-0.3, -0.25) is 9.69 Å². The highest BCUT2D eigenvalue weighted by Crippen LogP contribution is 2.39. The molecule has 1 aliphatic rings. The number of amides is 1. The first kappa shape index (κ1) is 21.7. The smallest absolute Gasteiger partial charge is 0.311 e. The lowest BCUT2D eigenvalue weighted by molar-refractivity contribution is -0.137. The minimum Gasteiger partial charge on any atom is -0.311 e. The number of anilines is 3. The highest BCUT2D eigenvalue weighted by molar-refractivity contribution is 6.01. The Kier molecular flexibility index (Phi) is 5.31. The van der Waals surface area contributed by atoms with E-state index < -0.39 is 35.3 Å². The minimum absolute atomic E-state index is 0.0962. The zero-order valence-corrected chi connectivity index (χ0v) is 17.0. The molecule has 0 N–H and O–H groups in total. The van der Waals surface area contributed by atoms with Crippen LogP contribution in [0.1, 0.15) is 16.8 Å². The van der Waals surface area contributed by atoms with E-state index in [9.17, 15) is 26.7 Å². The molecule has 166 valence electrons. The lowest BCUT2D eigenvalue weighted by atomic mass is 10.1. The van der Waals surface area contributed by atoms with Gasteiger partial charge in [0.1, 0.15) is 29.3 Å². The summed E-state index contributed by atoms with van der Waals surface area (Å²) in [5.74, 6) is -2.14. The molecule has 4 rings (SSSR count). The summed E-state index contributed by atoms with van der Waals surface area (Å²) in [7, 11) is 1.32. The number of hydrogen-bond donors (Lipinski definition) is 0. The van der Waals surface area contributed by atoms with Gasteiger partial charge in [0.05, 0.1) is 11.3 Å². The summed E-state index contributed by atoms with van der Waals surface area (Å²) in [5, 5.41) is 0. The number of aryl methyl sites for hydroxylation is 1. The molecule has 0 spiro atoms. The summed E-state index contributed by atoms with van der Waals surface area (Å²) in [6.07, 6.45) is -3.02. The van der Waals surface area contributed by atoms with E-state index in [0.717, 1.165) is 29.2 Å². The number of alkyl halides is 3. The van der Waals surface area contributed by atoms with Gasteiger partial charge in [-0.05, 0) is 42.8 Å². The number of halogens is 5. The molecule has 5 nitrogen and oxygen atoms in total. The number of nitrogens with zero attached hydrogens (tertiary/aromatic N) is 4. The molecule has 0 saturated heterocycles. The third kappa shape index (κ3) is 3.88. The second kappa shape index (κ2) is 7.85. The van der Waals surface area contributed by atoms with E-state index in [2.05, 4.69) is 9.97 Å². The van der Waals surface area contributed by atoms with Gasteiger partial charge in [-0.15, -0.1) is 0 Å². The zero-order valence-electron chi connectivity index (χ0n) is 17.0. The van der Waals surface area contributed by atoms with Crippen LogP contribution in [0.3, 0.4) is 0 Å². The van der Waals surface area contributed by atoms with Crippen molar-refractivity contribution in [2.75, 3.05) is 16.8 Å². The number of carbonyl (C=O) groups excluding carboxylic acids is 1. The Bertz CT molecular complexity index is 1200. The summed E-state index contributed by atoms with van der Waals surface area (Å²) in [6.45, 7) is 1.42. The molecular formula is C22H17F5N4O. The van der Waals surface area contributed by atoms with Crippen molar-refractivity contribution in [3.8, 4) is 0 Å². The topological polar surface area (TPSA) is 49.3 Å². The Morgan fingerprint density at radius 1 is 1.16 bits per heavy atom. The summed E-state index contributed by atoms with van der Waals surface area (Å²) in [4.78, 5) is 24.1. The van der Waals surface area contributed by atoms with E-state index in [1.165, 1.54) is 25.1 Å². The highest BCUT2D eigenvalue weighted by Gasteiger charge is 2.40. The van der Waals surface area contributed by atoms with Crippen LogP contribution >= 0.6 is 0 Å². The van der Waals surface area contributed by atoms with Crippen molar-refractivity contribution in [1.82, 2.24) is 9.97 Å². The van der Waals surface area contributed by atoms with Crippen LogP contribution in [0.15, 0.2) is 48.7 Å². The lowest BCUT2D eigenvalue weighted by Crippen LogP contribution is -2.45. The molecule has 0 bridgehead atoms. The molecule has 0 saturated carbocycles. The van der Waals surface area contributed by atoms with Gasteiger partial charge in [0, 0.05) is 31.4 Å². The van der Waals surface area contributed by atoms with E-state index in [1.807, 2.05) is 0 Å². The van der Waals surface area contributed by atoms with Crippen molar-refractivity contribution in [3.05, 3.63) is 77.1 Å². The maximum atomic E-state index is 14.3. The first-order chi connectivity index (χ1) is 15.1. The zero-order chi connectivity index (χ0) is 23.2. The SMILES string of the molecule is Cc1cc(C(F)(F)F)cc(N2c3ncccc3CC2C(=O)N(C)c2ccc(F)cc2F)n1. The standard InChI is InChI=1S/C22H17F5N4O/c1-12-8-14(22(25,26)27)10-19(29-12)31-18(9-13-4-3-7-28-20(13)31)21(32)30(2)17-6-5-15(23)11-16(17)24/h3-8,10-11,18H,9H2,1-2H3. The maximum Gasteiger partial charge on any atom is 0.416 e. The van der Waals surface area contributed by atoms with Crippen molar-refractivity contribution in [2.45, 2.75) is 25.6 Å². The number of pyridine rings is 2. The molecule has 3 aromatic rings. The van der Waals surface area contributed by atoms with Crippen LogP contribution in [0, 0.1) is 18.6 Å². The van der Waals surface area contributed by atoms with Crippen LogP contribution in [0.4, 0.5) is 39.3 Å². The number of rotatable bonds is 3. The number of carbonyl (C=O) groups is 1. The lowest BCUT2D eigenvalue weighted by Gasteiger charge is -2.29. The van der Waals surface area contributed by atoms with Gasteiger partial charge < -0.3 is 4.90 Å². The van der Waals surface area contributed by atoms with Crippen LogP contribution in [-0.4, -0.2) is 29.0 Å². The molecule has 1 aliphatic heterocycles. The maximum absolute atomic E-state index is 14.3. The monoisotopic (exact) mass is 448 g/mol. The van der Waals surface area contributed by atoms with Crippen molar-refractivity contribution >= 4 is 23.2 Å². The normalized spacial score (nSPS) is 15.6. The minimum atomic E-state index is -4.61. The highest BCUT2D eigenvalue weighted by atomic mass is 19.4. The number of likely N-dealkylation sites (N-methyl/N-ethyl adjacent to an activating group) is 1. The van der Waals surface area contributed by atoms with E-state index in [0.29, 0.717) is 17.4 Å². The molecule has 1 aromatic carbocycles. The average molecular weight is 448 g/mol. The summed E-state index contributed by atoms with van der Waals surface area (Å²) in [6, 6.07) is 6.90. The second-order valence-electron chi connectivity index (χ2n) is 7.42. The quantitative estimate of drug-likeness (QED) is 0.540.